The van der Waals surface area contributed by atoms with E-state index in [0.29, 0.717) is 6.61 Å². The van der Waals surface area contributed by atoms with Gasteiger partial charge in [0.2, 0.25) is 0 Å². The third kappa shape index (κ3) is 4.96. The lowest BCUT2D eigenvalue weighted by Crippen LogP contribution is -2.23. The van der Waals surface area contributed by atoms with Crippen molar-refractivity contribution in [3.8, 4) is 5.75 Å². The van der Waals surface area contributed by atoms with Gasteiger partial charge in [0.15, 0.2) is 0 Å². The molecular weight excluding hydrogens is 268 g/mol. The topological polar surface area (TPSA) is 24.5 Å². The van der Waals surface area contributed by atoms with E-state index in [-0.39, 0.29) is 0 Å². The zero-order valence-corrected chi connectivity index (χ0v) is 13.0. The van der Waals surface area contributed by atoms with Crippen LogP contribution in [0.1, 0.15) is 11.1 Å². The third-order valence-corrected chi connectivity index (χ3v) is 3.81. The first-order valence-electron chi connectivity index (χ1n) is 6.84. The van der Waals surface area contributed by atoms with Gasteiger partial charge in [-0.3, -0.25) is 4.90 Å². The molecule has 0 aliphatic rings. The van der Waals surface area contributed by atoms with E-state index in [9.17, 15) is 0 Å². The molecule has 0 aliphatic heterocycles. The Labute approximate surface area is 125 Å². The summed E-state index contributed by atoms with van der Waals surface area (Å²) in [5.41, 5.74) is 2.64. The molecule has 0 bridgehead atoms. The van der Waals surface area contributed by atoms with Crippen molar-refractivity contribution in [1.29, 1.82) is 0 Å². The van der Waals surface area contributed by atoms with Crippen LogP contribution in [0.3, 0.4) is 0 Å². The van der Waals surface area contributed by atoms with Crippen molar-refractivity contribution in [1.82, 2.24) is 10.2 Å². The predicted molar refractivity (Wildman–Crippen MR) is 85.4 cm³/mol. The number of hydrogen-bond acceptors (Lipinski definition) is 4. The van der Waals surface area contributed by atoms with Gasteiger partial charge < -0.3 is 10.1 Å². The quantitative estimate of drug-likeness (QED) is 0.809. The Balaban J connectivity index is 1.69. The van der Waals surface area contributed by atoms with Gasteiger partial charge in [0.1, 0.15) is 12.4 Å². The zero-order chi connectivity index (χ0) is 14.2. The fraction of sp³-hybridized carbons (Fsp3) is 0.375. The highest BCUT2D eigenvalue weighted by Gasteiger charge is 2.01. The van der Waals surface area contributed by atoms with Gasteiger partial charge >= 0.3 is 0 Å². The highest BCUT2D eigenvalue weighted by Crippen LogP contribution is 2.12. The lowest BCUT2D eigenvalue weighted by atomic mass is 10.2. The molecule has 0 unspecified atom stereocenters. The van der Waals surface area contributed by atoms with Crippen molar-refractivity contribution < 1.29 is 4.74 Å². The van der Waals surface area contributed by atoms with Crippen LogP contribution in [-0.2, 0) is 13.1 Å². The number of nitrogens with one attached hydrogen (secondary N) is 1. The summed E-state index contributed by atoms with van der Waals surface area (Å²) in [6.07, 6.45) is 0. The summed E-state index contributed by atoms with van der Waals surface area (Å²) in [5.74, 6) is 0.939. The molecule has 1 aromatic heterocycles. The van der Waals surface area contributed by atoms with Crippen LogP contribution in [0.2, 0.25) is 0 Å². The van der Waals surface area contributed by atoms with E-state index < -0.39 is 0 Å². The number of likely N-dealkylation sites (N-methyl/N-ethyl adjacent to an activating group) is 1. The molecule has 1 N–H and O–H groups in total. The minimum absolute atomic E-state index is 0.714. The van der Waals surface area contributed by atoms with Crippen LogP contribution in [0.25, 0.3) is 0 Å². The summed E-state index contributed by atoms with van der Waals surface area (Å²) in [6.45, 7) is 3.51. The molecule has 4 heteroatoms. The summed E-state index contributed by atoms with van der Waals surface area (Å²) in [7, 11) is 4.07. The molecule has 1 aromatic carbocycles. The van der Waals surface area contributed by atoms with Gasteiger partial charge in [0.25, 0.3) is 0 Å². The summed E-state index contributed by atoms with van der Waals surface area (Å²) in [5, 5.41) is 7.45. The van der Waals surface area contributed by atoms with Crippen LogP contribution in [0, 0.1) is 0 Å². The first-order valence-corrected chi connectivity index (χ1v) is 7.78. The van der Waals surface area contributed by atoms with Crippen LogP contribution < -0.4 is 10.1 Å². The Morgan fingerprint density at radius 1 is 1.15 bits per heavy atom. The average Bonchev–Trinajstić information content (AvgIpc) is 2.94. The molecule has 108 valence electrons. The molecule has 1 heterocycles. The first kappa shape index (κ1) is 15.0. The smallest absolute Gasteiger partial charge is 0.119 e. The first-order chi connectivity index (χ1) is 9.78. The van der Waals surface area contributed by atoms with Crippen molar-refractivity contribution in [3.05, 3.63) is 52.2 Å². The van der Waals surface area contributed by atoms with E-state index in [1.165, 1.54) is 11.1 Å². The van der Waals surface area contributed by atoms with E-state index in [1.54, 1.807) is 11.3 Å². The Hall–Kier alpha value is -1.36. The van der Waals surface area contributed by atoms with Crippen LogP contribution in [-0.4, -0.2) is 32.1 Å². The highest BCUT2D eigenvalue weighted by molar-refractivity contribution is 7.07. The molecule has 0 fully saturated rings. The second kappa shape index (κ2) is 8.04. The van der Waals surface area contributed by atoms with E-state index in [1.807, 2.05) is 19.2 Å². The van der Waals surface area contributed by atoms with Crippen LogP contribution >= 0.6 is 11.3 Å². The van der Waals surface area contributed by atoms with E-state index in [0.717, 1.165) is 25.4 Å². The molecule has 0 amide bonds. The number of hydrogen-bond donors (Lipinski definition) is 1. The van der Waals surface area contributed by atoms with E-state index in [2.05, 4.69) is 46.2 Å². The van der Waals surface area contributed by atoms with Crippen LogP contribution in [0.15, 0.2) is 41.1 Å². The fourth-order valence-electron chi connectivity index (χ4n) is 2.00. The standard InChI is InChI=1S/C16H22N2OS/c1-17-11-14-3-5-16(6-4-14)19-9-8-18(2)12-15-7-10-20-13-15/h3-7,10,13,17H,8-9,11-12H2,1-2H3. The normalized spacial score (nSPS) is 10.9. The molecule has 20 heavy (non-hydrogen) atoms. The third-order valence-electron chi connectivity index (χ3n) is 3.08. The largest absolute Gasteiger partial charge is 0.492 e. The molecule has 0 aliphatic carbocycles. The van der Waals surface area contributed by atoms with Gasteiger partial charge in [0, 0.05) is 19.6 Å². The van der Waals surface area contributed by atoms with Crippen molar-refractivity contribution >= 4 is 11.3 Å². The van der Waals surface area contributed by atoms with Crippen molar-refractivity contribution in [2.24, 2.45) is 0 Å². The van der Waals surface area contributed by atoms with Gasteiger partial charge in [0.05, 0.1) is 0 Å². The van der Waals surface area contributed by atoms with Crippen LogP contribution in [0.4, 0.5) is 0 Å². The minimum atomic E-state index is 0.714. The number of benzene rings is 1. The van der Waals surface area contributed by atoms with Crippen molar-refractivity contribution in [2.45, 2.75) is 13.1 Å². The predicted octanol–water partition coefficient (Wildman–Crippen LogP) is 2.98. The summed E-state index contributed by atoms with van der Waals surface area (Å²) in [4.78, 5) is 2.28. The molecule has 0 saturated carbocycles. The SMILES string of the molecule is CNCc1ccc(OCCN(C)Cc2ccsc2)cc1. The monoisotopic (exact) mass is 290 g/mol. The highest BCUT2D eigenvalue weighted by atomic mass is 32.1. The summed E-state index contributed by atoms with van der Waals surface area (Å²) >= 11 is 1.74. The van der Waals surface area contributed by atoms with Crippen LogP contribution in [0.5, 0.6) is 5.75 Å². The maximum Gasteiger partial charge on any atom is 0.119 e. The molecule has 0 saturated heterocycles. The molecular formula is C16H22N2OS. The van der Waals surface area contributed by atoms with Gasteiger partial charge in [-0.25, -0.2) is 0 Å². The van der Waals surface area contributed by atoms with Gasteiger partial charge in [-0.15, -0.1) is 0 Å². The maximum absolute atomic E-state index is 5.77. The van der Waals surface area contributed by atoms with Crippen molar-refractivity contribution in [2.75, 3.05) is 27.2 Å². The summed E-state index contributed by atoms with van der Waals surface area (Å²) in [6, 6.07) is 10.4. The maximum atomic E-state index is 5.77. The molecule has 0 atom stereocenters. The minimum Gasteiger partial charge on any atom is -0.492 e. The van der Waals surface area contributed by atoms with Gasteiger partial charge in [-0.2, -0.15) is 11.3 Å². The lowest BCUT2D eigenvalue weighted by Gasteiger charge is -2.16. The van der Waals surface area contributed by atoms with Gasteiger partial charge in [-0.05, 0) is 54.2 Å². The molecule has 3 nitrogen and oxygen atoms in total. The average molecular weight is 290 g/mol. The lowest BCUT2D eigenvalue weighted by molar-refractivity contribution is 0.233. The van der Waals surface area contributed by atoms with E-state index in [4.69, 9.17) is 4.74 Å². The Morgan fingerprint density at radius 2 is 1.95 bits per heavy atom. The van der Waals surface area contributed by atoms with Gasteiger partial charge in [-0.1, -0.05) is 12.1 Å². The van der Waals surface area contributed by atoms with Crippen molar-refractivity contribution in [3.63, 3.8) is 0 Å². The van der Waals surface area contributed by atoms with E-state index >= 15 is 0 Å². The zero-order valence-electron chi connectivity index (χ0n) is 12.1. The Bertz CT molecular complexity index is 482. The number of ether oxygens (including phenoxy) is 1. The number of thiophene rings is 1. The molecule has 0 radical (unpaired) electrons. The Morgan fingerprint density at radius 3 is 2.60 bits per heavy atom. The molecule has 2 rings (SSSR count). The second-order valence-electron chi connectivity index (χ2n) is 4.89. The number of nitrogens with zero attached hydrogens (tertiary/aromatic N) is 1. The number of rotatable bonds is 8. The second-order valence-corrected chi connectivity index (χ2v) is 5.67. The fourth-order valence-corrected chi connectivity index (χ4v) is 2.66. The molecule has 0 spiro atoms. The molecule has 2 aromatic rings. The summed E-state index contributed by atoms with van der Waals surface area (Å²) < 4.78 is 5.77. The Kier molecular flexibility index (Phi) is 6.05.